The Morgan fingerprint density at radius 3 is 2.85 bits per heavy atom. The van der Waals surface area contributed by atoms with E-state index in [0.717, 1.165) is 23.7 Å². The second-order valence-corrected chi connectivity index (χ2v) is 6.40. The zero-order chi connectivity index (χ0) is 14.3. The van der Waals surface area contributed by atoms with Gasteiger partial charge in [-0.3, -0.25) is 9.78 Å². The maximum Gasteiger partial charge on any atom is 0.326 e. The summed E-state index contributed by atoms with van der Waals surface area (Å²) in [6.45, 7) is 0.549. The normalized spacial score (nSPS) is 28.4. The predicted molar refractivity (Wildman–Crippen MR) is 75.2 cm³/mol. The first-order chi connectivity index (χ1) is 9.58. The van der Waals surface area contributed by atoms with Gasteiger partial charge >= 0.3 is 5.97 Å². The third-order valence-electron chi connectivity index (χ3n) is 4.36. The minimum atomic E-state index is -0.893. The highest BCUT2D eigenvalue weighted by molar-refractivity contribution is 9.10. The lowest BCUT2D eigenvalue weighted by Gasteiger charge is -2.24. The zero-order valence-electron chi connectivity index (χ0n) is 10.8. The Morgan fingerprint density at radius 1 is 1.35 bits per heavy atom. The van der Waals surface area contributed by atoms with Crippen LogP contribution in [-0.2, 0) is 4.79 Å². The molecule has 1 saturated carbocycles. The van der Waals surface area contributed by atoms with Crippen molar-refractivity contribution in [2.75, 3.05) is 6.54 Å². The SMILES string of the molecule is O=C(O)C1C2CCCC2CN1C(=O)c1cncc(Br)c1. The number of fused-ring (bicyclic) bond motifs is 1. The Hall–Kier alpha value is -1.43. The summed E-state index contributed by atoms with van der Waals surface area (Å²) >= 11 is 3.28. The fourth-order valence-corrected chi connectivity index (χ4v) is 3.89. The highest BCUT2D eigenvalue weighted by atomic mass is 79.9. The molecule has 1 N–H and O–H groups in total. The number of likely N-dealkylation sites (tertiary alicyclic amines) is 1. The van der Waals surface area contributed by atoms with Gasteiger partial charge in [-0.15, -0.1) is 0 Å². The maximum atomic E-state index is 12.5. The number of carbonyl (C=O) groups is 2. The summed E-state index contributed by atoms with van der Waals surface area (Å²) in [5.41, 5.74) is 0.436. The molecule has 0 spiro atoms. The molecule has 1 aliphatic carbocycles. The lowest BCUT2D eigenvalue weighted by molar-refractivity contribution is -0.142. The molecule has 3 atom stereocenters. The van der Waals surface area contributed by atoms with Crippen LogP contribution >= 0.6 is 15.9 Å². The third-order valence-corrected chi connectivity index (χ3v) is 4.79. The molecule has 2 aliphatic rings. The van der Waals surface area contributed by atoms with Gasteiger partial charge in [0, 0.05) is 23.4 Å². The number of hydrogen-bond donors (Lipinski definition) is 1. The quantitative estimate of drug-likeness (QED) is 0.897. The Balaban J connectivity index is 1.89. The van der Waals surface area contributed by atoms with Gasteiger partial charge in [-0.1, -0.05) is 6.42 Å². The van der Waals surface area contributed by atoms with Crippen molar-refractivity contribution in [3.8, 4) is 0 Å². The van der Waals surface area contributed by atoms with E-state index in [-0.39, 0.29) is 11.8 Å². The van der Waals surface area contributed by atoms with Crippen molar-refractivity contribution in [3.05, 3.63) is 28.5 Å². The van der Waals surface area contributed by atoms with Crippen LogP contribution in [0.4, 0.5) is 0 Å². The van der Waals surface area contributed by atoms with Crippen molar-refractivity contribution < 1.29 is 14.7 Å². The van der Waals surface area contributed by atoms with Crippen molar-refractivity contribution in [2.45, 2.75) is 25.3 Å². The Labute approximate surface area is 125 Å². The molecule has 20 heavy (non-hydrogen) atoms. The molecule has 6 heteroatoms. The molecule has 3 unspecified atom stereocenters. The molecule has 1 aliphatic heterocycles. The van der Waals surface area contributed by atoms with Gasteiger partial charge in [0.05, 0.1) is 5.56 Å². The molecule has 3 rings (SSSR count). The molecule has 2 fully saturated rings. The molecule has 106 valence electrons. The average molecular weight is 339 g/mol. The predicted octanol–water partition coefficient (Wildman–Crippen LogP) is 2.17. The van der Waals surface area contributed by atoms with Gasteiger partial charge in [0.25, 0.3) is 5.91 Å². The van der Waals surface area contributed by atoms with Crippen LogP contribution in [0, 0.1) is 11.8 Å². The highest BCUT2D eigenvalue weighted by Gasteiger charge is 2.49. The van der Waals surface area contributed by atoms with E-state index in [1.165, 1.54) is 11.1 Å². The number of carbonyl (C=O) groups excluding carboxylic acids is 1. The van der Waals surface area contributed by atoms with Crippen LogP contribution in [0.15, 0.2) is 22.9 Å². The van der Waals surface area contributed by atoms with Gasteiger partial charge in [-0.25, -0.2) is 4.79 Å². The summed E-state index contributed by atoms with van der Waals surface area (Å²) in [6.07, 6.45) is 6.08. The van der Waals surface area contributed by atoms with Gasteiger partial charge in [-0.05, 0) is 46.7 Å². The summed E-state index contributed by atoms with van der Waals surface area (Å²) in [4.78, 5) is 29.6. The Kier molecular flexibility index (Phi) is 3.50. The molecule has 0 radical (unpaired) electrons. The third kappa shape index (κ3) is 2.22. The van der Waals surface area contributed by atoms with E-state index in [1.54, 1.807) is 12.3 Å². The Bertz CT molecular complexity index is 563. The molecule has 1 aromatic heterocycles. The maximum absolute atomic E-state index is 12.5. The van der Waals surface area contributed by atoms with Crippen LogP contribution in [0.1, 0.15) is 29.6 Å². The number of rotatable bonds is 2. The van der Waals surface area contributed by atoms with Crippen LogP contribution in [0.25, 0.3) is 0 Å². The molecule has 0 bridgehead atoms. The minimum absolute atomic E-state index is 0.108. The first kappa shape index (κ1) is 13.5. The van der Waals surface area contributed by atoms with E-state index in [9.17, 15) is 14.7 Å². The van der Waals surface area contributed by atoms with E-state index in [2.05, 4.69) is 20.9 Å². The van der Waals surface area contributed by atoms with Crippen molar-refractivity contribution in [1.29, 1.82) is 0 Å². The van der Waals surface area contributed by atoms with Crippen molar-refractivity contribution in [3.63, 3.8) is 0 Å². The van der Waals surface area contributed by atoms with E-state index in [1.807, 2.05) is 0 Å². The molecule has 2 heterocycles. The molecular weight excluding hydrogens is 324 g/mol. The number of nitrogens with zero attached hydrogens (tertiary/aromatic N) is 2. The summed E-state index contributed by atoms with van der Waals surface area (Å²) in [5.74, 6) is -0.687. The van der Waals surface area contributed by atoms with Crippen LogP contribution in [0.2, 0.25) is 0 Å². The molecule has 5 nitrogen and oxygen atoms in total. The standard InChI is InChI=1S/C14H15BrN2O3/c15-10-4-9(5-16-6-10)13(18)17-7-8-2-1-3-11(8)12(17)14(19)20/h4-6,8,11-12H,1-3,7H2,(H,19,20). The number of halogens is 1. The largest absolute Gasteiger partial charge is 0.480 e. The number of carboxylic acid groups (broad SMARTS) is 1. The molecule has 1 aromatic rings. The second-order valence-electron chi connectivity index (χ2n) is 5.49. The van der Waals surface area contributed by atoms with E-state index >= 15 is 0 Å². The number of carboxylic acids is 1. The molecule has 0 aromatic carbocycles. The lowest BCUT2D eigenvalue weighted by Crippen LogP contribution is -2.43. The number of pyridine rings is 1. The van der Waals surface area contributed by atoms with Crippen LogP contribution in [-0.4, -0.2) is 39.5 Å². The van der Waals surface area contributed by atoms with Gasteiger partial charge in [0.2, 0.25) is 0 Å². The summed E-state index contributed by atoms with van der Waals surface area (Å²) in [6, 6.07) is 0.997. The fraction of sp³-hybridized carbons (Fsp3) is 0.500. The minimum Gasteiger partial charge on any atom is -0.480 e. The lowest BCUT2D eigenvalue weighted by atomic mass is 9.94. The van der Waals surface area contributed by atoms with Crippen molar-refractivity contribution in [2.24, 2.45) is 11.8 Å². The van der Waals surface area contributed by atoms with Gasteiger partial charge in [0.1, 0.15) is 6.04 Å². The molecule has 1 saturated heterocycles. The van der Waals surface area contributed by atoms with E-state index in [0.29, 0.717) is 18.0 Å². The first-order valence-corrected chi connectivity index (χ1v) is 7.51. The van der Waals surface area contributed by atoms with Gasteiger partial charge in [-0.2, -0.15) is 0 Å². The van der Waals surface area contributed by atoms with Crippen molar-refractivity contribution >= 4 is 27.8 Å². The average Bonchev–Trinajstić information content (AvgIpc) is 2.96. The zero-order valence-corrected chi connectivity index (χ0v) is 12.4. The smallest absolute Gasteiger partial charge is 0.326 e. The van der Waals surface area contributed by atoms with Crippen LogP contribution in [0.3, 0.4) is 0 Å². The highest BCUT2D eigenvalue weighted by Crippen LogP contribution is 2.42. The number of aromatic nitrogens is 1. The molecular formula is C14H15BrN2O3. The van der Waals surface area contributed by atoms with Crippen LogP contribution < -0.4 is 0 Å². The first-order valence-electron chi connectivity index (χ1n) is 6.72. The number of amides is 1. The fourth-order valence-electron chi connectivity index (χ4n) is 3.53. The van der Waals surface area contributed by atoms with Gasteiger partial charge < -0.3 is 10.0 Å². The second kappa shape index (κ2) is 5.16. The monoisotopic (exact) mass is 338 g/mol. The number of hydrogen-bond acceptors (Lipinski definition) is 3. The van der Waals surface area contributed by atoms with Gasteiger partial charge in [0.15, 0.2) is 0 Å². The van der Waals surface area contributed by atoms with Crippen LogP contribution in [0.5, 0.6) is 0 Å². The van der Waals surface area contributed by atoms with E-state index in [4.69, 9.17) is 0 Å². The van der Waals surface area contributed by atoms with E-state index < -0.39 is 12.0 Å². The molecule has 1 amide bonds. The summed E-state index contributed by atoms with van der Waals surface area (Å²) in [7, 11) is 0. The summed E-state index contributed by atoms with van der Waals surface area (Å²) < 4.78 is 0.717. The number of aliphatic carboxylic acids is 1. The Morgan fingerprint density at radius 2 is 2.15 bits per heavy atom. The summed E-state index contributed by atoms with van der Waals surface area (Å²) in [5, 5.41) is 9.46. The van der Waals surface area contributed by atoms with Crippen molar-refractivity contribution in [1.82, 2.24) is 9.88 Å². The topological polar surface area (TPSA) is 70.5 Å².